The van der Waals surface area contributed by atoms with Crippen LogP contribution >= 0.6 is 0 Å². The maximum absolute atomic E-state index is 11.8. The largest absolute Gasteiger partial charge is 0.384 e. The van der Waals surface area contributed by atoms with E-state index >= 15 is 0 Å². The highest BCUT2D eigenvalue weighted by atomic mass is 16.3. The highest BCUT2D eigenvalue weighted by Crippen LogP contribution is 2.34. The molecule has 3 aromatic rings. The number of rotatable bonds is 8. The molecule has 0 radical (unpaired) electrons. The van der Waals surface area contributed by atoms with E-state index in [0.29, 0.717) is 6.42 Å². The van der Waals surface area contributed by atoms with Crippen LogP contribution in [0.5, 0.6) is 0 Å². The zero-order valence-electron chi connectivity index (χ0n) is 16.3. The van der Waals surface area contributed by atoms with Crippen molar-refractivity contribution in [2.75, 3.05) is 13.6 Å². The van der Waals surface area contributed by atoms with Gasteiger partial charge in [-0.05, 0) is 23.7 Å². The molecule has 140 valence electrons. The number of hydrogen-bond donors (Lipinski definition) is 1. The van der Waals surface area contributed by atoms with E-state index in [-0.39, 0.29) is 5.92 Å². The Morgan fingerprint density at radius 1 is 0.778 bits per heavy atom. The third-order valence-electron chi connectivity index (χ3n) is 5.29. The highest BCUT2D eigenvalue weighted by molar-refractivity contribution is 5.28. The molecule has 3 aromatic carbocycles. The van der Waals surface area contributed by atoms with E-state index in [1.54, 1.807) is 0 Å². The summed E-state index contributed by atoms with van der Waals surface area (Å²) in [5, 5.41) is 11.8. The summed E-state index contributed by atoms with van der Waals surface area (Å²) < 4.78 is 0. The Morgan fingerprint density at radius 2 is 1.26 bits per heavy atom. The second-order valence-corrected chi connectivity index (χ2v) is 7.54. The molecule has 27 heavy (non-hydrogen) atoms. The van der Waals surface area contributed by atoms with E-state index < -0.39 is 5.60 Å². The third-order valence-corrected chi connectivity index (χ3v) is 5.29. The van der Waals surface area contributed by atoms with Crippen molar-refractivity contribution in [3.05, 3.63) is 108 Å². The Labute approximate surface area is 163 Å². The van der Waals surface area contributed by atoms with E-state index in [4.69, 9.17) is 0 Å². The van der Waals surface area contributed by atoms with Crippen molar-refractivity contribution < 1.29 is 5.11 Å². The Kier molecular flexibility index (Phi) is 6.44. The van der Waals surface area contributed by atoms with Crippen LogP contribution in [0, 0.1) is 5.92 Å². The number of nitrogens with zero attached hydrogens (tertiary/aromatic N) is 1. The smallest absolute Gasteiger partial charge is 0.0974 e. The van der Waals surface area contributed by atoms with Gasteiger partial charge < -0.3 is 10.0 Å². The van der Waals surface area contributed by atoms with Gasteiger partial charge in [-0.2, -0.15) is 0 Å². The van der Waals surface area contributed by atoms with E-state index in [9.17, 15) is 5.11 Å². The Balaban J connectivity index is 1.79. The van der Waals surface area contributed by atoms with Crippen molar-refractivity contribution in [2.24, 2.45) is 5.92 Å². The van der Waals surface area contributed by atoms with Gasteiger partial charge in [-0.25, -0.2) is 0 Å². The molecule has 2 heteroatoms. The van der Waals surface area contributed by atoms with E-state index in [0.717, 1.165) is 24.2 Å². The van der Waals surface area contributed by atoms with Crippen molar-refractivity contribution in [2.45, 2.75) is 25.5 Å². The van der Waals surface area contributed by atoms with Gasteiger partial charge in [-0.15, -0.1) is 0 Å². The molecule has 0 aliphatic carbocycles. The molecule has 0 aliphatic rings. The summed E-state index contributed by atoms with van der Waals surface area (Å²) in [6.07, 6.45) is 0.609. The van der Waals surface area contributed by atoms with Crippen LogP contribution in [-0.4, -0.2) is 23.6 Å². The minimum absolute atomic E-state index is 0.0776. The van der Waals surface area contributed by atoms with Crippen molar-refractivity contribution in [3.63, 3.8) is 0 Å². The van der Waals surface area contributed by atoms with Gasteiger partial charge in [0.25, 0.3) is 0 Å². The molecular formula is C25H29NO. The Morgan fingerprint density at radius 3 is 1.81 bits per heavy atom. The molecule has 0 bridgehead atoms. The van der Waals surface area contributed by atoms with Crippen LogP contribution < -0.4 is 0 Å². The molecule has 0 fully saturated rings. The third kappa shape index (κ3) is 5.06. The zero-order valence-corrected chi connectivity index (χ0v) is 16.3. The van der Waals surface area contributed by atoms with E-state index in [1.165, 1.54) is 5.56 Å². The van der Waals surface area contributed by atoms with Crippen molar-refractivity contribution in [1.29, 1.82) is 0 Å². The van der Waals surface area contributed by atoms with Crippen LogP contribution in [0.15, 0.2) is 91.0 Å². The van der Waals surface area contributed by atoms with Gasteiger partial charge in [-0.3, -0.25) is 0 Å². The molecule has 0 saturated heterocycles. The Hall–Kier alpha value is -2.42. The molecule has 0 amide bonds. The van der Waals surface area contributed by atoms with Crippen LogP contribution in [0.1, 0.15) is 23.6 Å². The normalized spacial score (nSPS) is 14.7. The lowest BCUT2D eigenvalue weighted by Gasteiger charge is -2.37. The van der Waals surface area contributed by atoms with Gasteiger partial charge in [0.15, 0.2) is 0 Å². The van der Waals surface area contributed by atoms with Crippen LogP contribution in [0.3, 0.4) is 0 Å². The number of benzene rings is 3. The van der Waals surface area contributed by atoms with Gasteiger partial charge in [0, 0.05) is 25.4 Å². The molecule has 0 saturated carbocycles. The van der Waals surface area contributed by atoms with Crippen molar-refractivity contribution in [3.8, 4) is 0 Å². The average Bonchev–Trinajstić information content (AvgIpc) is 2.70. The van der Waals surface area contributed by atoms with Gasteiger partial charge in [-0.1, -0.05) is 97.9 Å². The average molecular weight is 360 g/mol. The second-order valence-electron chi connectivity index (χ2n) is 7.54. The second kappa shape index (κ2) is 8.98. The maximum Gasteiger partial charge on any atom is 0.0974 e. The molecular weight excluding hydrogens is 330 g/mol. The molecule has 1 N–H and O–H groups in total. The molecule has 0 spiro atoms. The fourth-order valence-electron chi connectivity index (χ4n) is 3.77. The molecule has 2 atom stereocenters. The fraction of sp³-hybridized carbons (Fsp3) is 0.280. The molecule has 0 aliphatic heterocycles. The van der Waals surface area contributed by atoms with Gasteiger partial charge in [0.05, 0.1) is 5.60 Å². The SMILES string of the molecule is C[C@@H](CN(C)Cc1ccccc1)[C@@](O)(Cc1ccccc1)c1ccccc1. The van der Waals surface area contributed by atoms with Crippen LogP contribution in [0.25, 0.3) is 0 Å². The first kappa shape index (κ1) is 19.3. The van der Waals surface area contributed by atoms with E-state index in [1.807, 2.05) is 54.6 Å². The first-order chi connectivity index (χ1) is 13.1. The number of aliphatic hydroxyl groups is 1. The Bertz CT molecular complexity index is 804. The lowest BCUT2D eigenvalue weighted by Crippen LogP contribution is -2.41. The standard InChI is InChI=1S/C25H29NO/c1-21(19-26(2)20-23-14-8-4-9-15-23)25(27,24-16-10-5-11-17-24)18-22-12-6-3-7-13-22/h3-17,21,27H,18-20H2,1-2H3/t21-,25-/m0/s1. The van der Waals surface area contributed by atoms with Crippen molar-refractivity contribution >= 4 is 0 Å². The minimum atomic E-state index is -0.909. The van der Waals surface area contributed by atoms with Gasteiger partial charge in [0.1, 0.15) is 0 Å². The summed E-state index contributed by atoms with van der Waals surface area (Å²) in [6, 6.07) is 30.8. The monoisotopic (exact) mass is 359 g/mol. The predicted molar refractivity (Wildman–Crippen MR) is 112 cm³/mol. The molecule has 0 aromatic heterocycles. The van der Waals surface area contributed by atoms with Crippen molar-refractivity contribution in [1.82, 2.24) is 4.90 Å². The summed E-state index contributed by atoms with van der Waals surface area (Å²) in [4.78, 5) is 2.29. The minimum Gasteiger partial charge on any atom is -0.384 e. The molecule has 0 unspecified atom stereocenters. The first-order valence-corrected chi connectivity index (χ1v) is 9.62. The zero-order chi connectivity index (χ0) is 19.1. The maximum atomic E-state index is 11.8. The summed E-state index contributed by atoms with van der Waals surface area (Å²) in [5.41, 5.74) is 2.52. The van der Waals surface area contributed by atoms with E-state index in [2.05, 4.69) is 55.3 Å². The summed E-state index contributed by atoms with van der Waals surface area (Å²) in [7, 11) is 2.12. The first-order valence-electron chi connectivity index (χ1n) is 9.62. The van der Waals surface area contributed by atoms with Crippen LogP contribution in [-0.2, 0) is 18.6 Å². The molecule has 0 heterocycles. The summed E-state index contributed by atoms with van der Waals surface area (Å²) >= 11 is 0. The molecule has 3 rings (SSSR count). The predicted octanol–water partition coefficient (Wildman–Crippen LogP) is 4.89. The van der Waals surface area contributed by atoms with Gasteiger partial charge in [0.2, 0.25) is 0 Å². The summed E-state index contributed by atoms with van der Waals surface area (Å²) in [6.45, 7) is 3.84. The molecule has 2 nitrogen and oxygen atoms in total. The topological polar surface area (TPSA) is 23.5 Å². The summed E-state index contributed by atoms with van der Waals surface area (Å²) in [5.74, 6) is 0.0776. The lowest BCUT2D eigenvalue weighted by molar-refractivity contribution is -0.0282. The van der Waals surface area contributed by atoms with Gasteiger partial charge >= 0.3 is 0 Å². The fourth-order valence-corrected chi connectivity index (χ4v) is 3.77. The quantitative estimate of drug-likeness (QED) is 0.619. The van der Waals surface area contributed by atoms with Crippen LogP contribution in [0.4, 0.5) is 0 Å². The lowest BCUT2D eigenvalue weighted by atomic mass is 9.77. The van der Waals surface area contributed by atoms with Crippen LogP contribution in [0.2, 0.25) is 0 Å². The number of hydrogen-bond acceptors (Lipinski definition) is 2. The highest BCUT2D eigenvalue weighted by Gasteiger charge is 2.36.